The summed E-state index contributed by atoms with van der Waals surface area (Å²) in [5, 5.41) is 2.90. The maximum Gasteiger partial charge on any atom is 0.162 e. The number of fused-ring (bicyclic) bond motifs is 4. The van der Waals surface area contributed by atoms with Crippen molar-refractivity contribution in [1.29, 1.82) is 0 Å². The highest BCUT2D eigenvalue weighted by atomic mass is 16.5. The van der Waals surface area contributed by atoms with Crippen LogP contribution in [0.25, 0.3) is 0 Å². The first kappa shape index (κ1) is 21.3. The molecule has 2 atom stereocenters. The van der Waals surface area contributed by atoms with Crippen molar-refractivity contribution in [3.63, 3.8) is 0 Å². The van der Waals surface area contributed by atoms with Gasteiger partial charge in [0.15, 0.2) is 11.5 Å². The normalized spacial score (nSPS) is 20.9. The van der Waals surface area contributed by atoms with Crippen LogP contribution in [-0.2, 0) is 6.42 Å². The van der Waals surface area contributed by atoms with Crippen LogP contribution in [0.4, 0.5) is 0 Å². The fourth-order valence-electron chi connectivity index (χ4n) is 3.17. The fraction of sp³-hybridized carbons (Fsp3) is 0.545. The molecular weight excluding hydrogens is 310 g/mol. The average Bonchev–Trinajstić information content (AvgIpc) is 2.70. The Labute approximate surface area is 154 Å². The molecule has 25 heavy (non-hydrogen) atoms. The maximum atomic E-state index is 6.16. The van der Waals surface area contributed by atoms with Crippen molar-refractivity contribution in [3.05, 3.63) is 48.6 Å². The highest BCUT2D eigenvalue weighted by Crippen LogP contribution is 2.38. The molecule has 0 spiro atoms. The van der Waals surface area contributed by atoms with Crippen LogP contribution in [0.1, 0.15) is 45.1 Å². The van der Waals surface area contributed by atoms with E-state index in [9.17, 15) is 0 Å². The molecule has 2 unspecified atom stereocenters. The zero-order valence-electron chi connectivity index (χ0n) is 16.4. The Kier molecular flexibility index (Phi) is 10.0. The van der Waals surface area contributed by atoms with Gasteiger partial charge in [0.1, 0.15) is 6.10 Å². The average molecular weight is 346 g/mol. The molecule has 1 heterocycles. The molecular formula is C22H35NO2. The summed E-state index contributed by atoms with van der Waals surface area (Å²) in [6, 6.07) is 6.30. The van der Waals surface area contributed by atoms with Crippen LogP contribution in [0.3, 0.4) is 0 Å². The minimum atomic E-state index is 0.172. The van der Waals surface area contributed by atoms with E-state index in [1.807, 2.05) is 33.0 Å². The minimum Gasteiger partial charge on any atom is -0.493 e. The SMILES string of the molecule is C=C1CCC2CCc3ccc(OC)c(c3)OC1C2.C=CCNC.CC. The summed E-state index contributed by atoms with van der Waals surface area (Å²) in [5.41, 5.74) is 2.59. The second kappa shape index (κ2) is 11.8. The molecule has 1 aromatic rings. The quantitative estimate of drug-likeness (QED) is 0.767. The molecule has 3 nitrogen and oxygen atoms in total. The van der Waals surface area contributed by atoms with Gasteiger partial charge in [-0.3, -0.25) is 0 Å². The van der Waals surface area contributed by atoms with E-state index in [1.54, 1.807) is 7.11 Å². The highest BCUT2D eigenvalue weighted by molar-refractivity contribution is 5.43. The van der Waals surface area contributed by atoms with E-state index in [2.05, 4.69) is 30.6 Å². The molecule has 1 aliphatic heterocycles. The van der Waals surface area contributed by atoms with Gasteiger partial charge in [-0.1, -0.05) is 32.6 Å². The molecule has 1 saturated carbocycles. The maximum absolute atomic E-state index is 6.16. The third kappa shape index (κ3) is 6.58. The number of hydrogen-bond donors (Lipinski definition) is 1. The number of methoxy groups -OCH3 is 1. The Morgan fingerprint density at radius 3 is 2.60 bits per heavy atom. The van der Waals surface area contributed by atoms with Gasteiger partial charge in [0.25, 0.3) is 0 Å². The molecule has 2 aliphatic rings. The number of likely N-dealkylation sites (N-methyl/N-ethyl adjacent to an activating group) is 1. The zero-order valence-corrected chi connectivity index (χ0v) is 16.4. The van der Waals surface area contributed by atoms with Crippen molar-refractivity contribution in [2.45, 2.75) is 52.1 Å². The Balaban J connectivity index is 0.000000388. The fourth-order valence-corrected chi connectivity index (χ4v) is 3.17. The van der Waals surface area contributed by atoms with Crippen LogP contribution in [-0.4, -0.2) is 26.8 Å². The van der Waals surface area contributed by atoms with Crippen molar-refractivity contribution < 1.29 is 9.47 Å². The summed E-state index contributed by atoms with van der Waals surface area (Å²) in [6.45, 7) is 12.6. The number of nitrogens with one attached hydrogen (secondary N) is 1. The number of ether oxygens (including phenoxy) is 2. The van der Waals surface area contributed by atoms with Crippen LogP contribution in [0, 0.1) is 5.92 Å². The van der Waals surface area contributed by atoms with E-state index < -0.39 is 0 Å². The topological polar surface area (TPSA) is 30.5 Å². The molecule has 0 amide bonds. The van der Waals surface area contributed by atoms with Gasteiger partial charge in [0.05, 0.1) is 7.11 Å². The number of benzene rings is 1. The lowest BCUT2D eigenvalue weighted by Crippen LogP contribution is -2.27. The van der Waals surface area contributed by atoms with Gasteiger partial charge in [0.2, 0.25) is 0 Å². The van der Waals surface area contributed by atoms with Crippen molar-refractivity contribution in [2.24, 2.45) is 5.92 Å². The van der Waals surface area contributed by atoms with Crippen LogP contribution >= 0.6 is 0 Å². The lowest BCUT2D eigenvalue weighted by atomic mass is 9.81. The number of hydrogen-bond acceptors (Lipinski definition) is 3. The van der Waals surface area contributed by atoms with Crippen molar-refractivity contribution >= 4 is 0 Å². The largest absolute Gasteiger partial charge is 0.493 e. The van der Waals surface area contributed by atoms with Crippen molar-refractivity contribution in [1.82, 2.24) is 5.32 Å². The summed E-state index contributed by atoms with van der Waals surface area (Å²) in [5.74, 6) is 2.49. The van der Waals surface area contributed by atoms with Gasteiger partial charge in [-0.2, -0.15) is 0 Å². The van der Waals surface area contributed by atoms with Crippen LogP contribution in [0.2, 0.25) is 0 Å². The Morgan fingerprint density at radius 1 is 1.28 bits per heavy atom. The molecule has 3 heteroatoms. The Bertz CT molecular complexity index is 539. The Hall–Kier alpha value is -1.74. The summed E-state index contributed by atoms with van der Waals surface area (Å²) in [7, 11) is 3.59. The lowest BCUT2D eigenvalue weighted by Gasteiger charge is -2.30. The summed E-state index contributed by atoms with van der Waals surface area (Å²) in [6.07, 6.45) is 7.88. The third-order valence-corrected chi connectivity index (χ3v) is 4.56. The molecule has 1 fully saturated rings. The van der Waals surface area contributed by atoms with E-state index in [4.69, 9.17) is 9.47 Å². The van der Waals surface area contributed by atoms with E-state index in [1.165, 1.54) is 24.0 Å². The summed E-state index contributed by atoms with van der Waals surface area (Å²) >= 11 is 0. The van der Waals surface area contributed by atoms with Gasteiger partial charge in [-0.25, -0.2) is 0 Å². The monoisotopic (exact) mass is 345 g/mol. The van der Waals surface area contributed by atoms with E-state index in [0.717, 1.165) is 43.2 Å². The molecule has 0 aromatic heterocycles. The molecule has 1 N–H and O–H groups in total. The predicted molar refractivity (Wildman–Crippen MR) is 108 cm³/mol. The first-order valence-electron chi connectivity index (χ1n) is 9.44. The van der Waals surface area contributed by atoms with Crippen molar-refractivity contribution in [2.75, 3.05) is 20.7 Å². The van der Waals surface area contributed by atoms with Crippen molar-refractivity contribution in [3.8, 4) is 11.5 Å². The van der Waals surface area contributed by atoms with Gasteiger partial charge in [0, 0.05) is 6.54 Å². The number of aryl methyl sites for hydroxylation is 1. The van der Waals surface area contributed by atoms with E-state index >= 15 is 0 Å². The van der Waals surface area contributed by atoms with Gasteiger partial charge >= 0.3 is 0 Å². The smallest absolute Gasteiger partial charge is 0.162 e. The predicted octanol–water partition coefficient (Wildman–Crippen LogP) is 5.16. The number of rotatable bonds is 3. The second-order valence-corrected chi connectivity index (χ2v) is 6.28. The third-order valence-electron chi connectivity index (χ3n) is 4.56. The van der Waals surface area contributed by atoms with Gasteiger partial charge in [-0.15, -0.1) is 6.58 Å². The molecule has 3 rings (SSSR count). The minimum absolute atomic E-state index is 0.172. The molecule has 1 aliphatic carbocycles. The first-order valence-corrected chi connectivity index (χ1v) is 9.44. The zero-order chi connectivity index (χ0) is 18.7. The van der Waals surface area contributed by atoms with Gasteiger partial charge in [-0.05, 0) is 68.3 Å². The summed E-state index contributed by atoms with van der Waals surface area (Å²) in [4.78, 5) is 0. The van der Waals surface area contributed by atoms with E-state index in [-0.39, 0.29) is 6.10 Å². The van der Waals surface area contributed by atoms with E-state index in [0.29, 0.717) is 0 Å². The molecule has 0 radical (unpaired) electrons. The Morgan fingerprint density at radius 2 is 2.00 bits per heavy atom. The highest BCUT2D eigenvalue weighted by Gasteiger charge is 2.28. The standard InChI is InChI=1S/C16H20O2.C4H9N.C2H6/c1-11-3-4-12-5-6-13-7-8-14(17-2)16(10-13)18-15(11)9-12;1-3-4-5-2;1-2/h7-8,10,12,15H,1,3-6,9H2,2H3;3,5H,1,4H2,2H3;1-2H3. The van der Waals surface area contributed by atoms with Crippen LogP contribution in [0.5, 0.6) is 11.5 Å². The lowest BCUT2D eigenvalue weighted by molar-refractivity contribution is 0.164. The molecule has 4 bridgehead atoms. The molecule has 0 saturated heterocycles. The summed E-state index contributed by atoms with van der Waals surface area (Å²) < 4.78 is 11.5. The first-order chi connectivity index (χ1) is 12.2. The molecule has 140 valence electrons. The van der Waals surface area contributed by atoms with Gasteiger partial charge < -0.3 is 14.8 Å². The van der Waals surface area contributed by atoms with Crippen LogP contribution < -0.4 is 14.8 Å². The van der Waals surface area contributed by atoms with Crippen LogP contribution in [0.15, 0.2) is 43.0 Å². The second-order valence-electron chi connectivity index (χ2n) is 6.28. The molecule has 1 aromatic carbocycles.